The Kier molecular flexibility index (Phi) is 3.95. The van der Waals surface area contributed by atoms with E-state index in [0.717, 1.165) is 6.42 Å². The molecular formula is C10H11BrO3. The Morgan fingerprint density at radius 2 is 2.29 bits per heavy atom. The number of hydrogen-bond donors (Lipinski definition) is 1. The van der Waals surface area contributed by atoms with Crippen LogP contribution in [-0.4, -0.2) is 18.0 Å². The van der Waals surface area contributed by atoms with Gasteiger partial charge in [0, 0.05) is 6.07 Å². The van der Waals surface area contributed by atoms with Gasteiger partial charge in [-0.1, -0.05) is 6.92 Å². The van der Waals surface area contributed by atoms with Crippen LogP contribution in [0.1, 0.15) is 23.7 Å². The van der Waals surface area contributed by atoms with Gasteiger partial charge in [0.1, 0.15) is 11.5 Å². The van der Waals surface area contributed by atoms with E-state index < -0.39 is 0 Å². The molecular weight excluding hydrogens is 248 g/mol. The predicted octanol–water partition coefficient (Wildman–Crippen LogP) is 2.76. The van der Waals surface area contributed by atoms with Crippen LogP contribution in [0.15, 0.2) is 16.6 Å². The first kappa shape index (κ1) is 11.0. The van der Waals surface area contributed by atoms with Gasteiger partial charge >= 0.3 is 0 Å². The molecule has 0 saturated heterocycles. The summed E-state index contributed by atoms with van der Waals surface area (Å²) < 4.78 is 6.02. The third kappa shape index (κ3) is 2.48. The highest BCUT2D eigenvalue weighted by atomic mass is 79.9. The number of benzene rings is 1. The zero-order valence-electron chi connectivity index (χ0n) is 7.79. The highest BCUT2D eigenvalue weighted by Crippen LogP contribution is 2.31. The highest BCUT2D eigenvalue weighted by molar-refractivity contribution is 9.10. The van der Waals surface area contributed by atoms with Crippen LogP contribution in [0.2, 0.25) is 0 Å². The van der Waals surface area contributed by atoms with Gasteiger partial charge in [-0.25, -0.2) is 0 Å². The van der Waals surface area contributed by atoms with Crippen molar-refractivity contribution in [1.29, 1.82) is 0 Å². The lowest BCUT2D eigenvalue weighted by atomic mass is 10.2. The maximum Gasteiger partial charge on any atom is 0.153 e. The Morgan fingerprint density at radius 1 is 1.57 bits per heavy atom. The topological polar surface area (TPSA) is 46.5 Å². The van der Waals surface area contributed by atoms with Crippen LogP contribution in [0.4, 0.5) is 0 Å². The number of carbonyl (C=O) groups is 1. The summed E-state index contributed by atoms with van der Waals surface area (Å²) in [6.07, 6.45) is 1.49. The van der Waals surface area contributed by atoms with E-state index in [1.165, 1.54) is 12.1 Å². The normalized spacial score (nSPS) is 9.86. The van der Waals surface area contributed by atoms with Gasteiger partial charge < -0.3 is 9.84 Å². The standard InChI is InChI=1S/C10H11BrO3/c1-2-3-14-10-5-9(13)7(6-12)4-8(10)11/h4-6,13H,2-3H2,1H3. The van der Waals surface area contributed by atoms with Gasteiger partial charge in [0.15, 0.2) is 6.29 Å². The summed E-state index contributed by atoms with van der Waals surface area (Å²) in [5.41, 5.74) is 0.251. The Morgan fingerprint density at radius 3 is 2.86 bits per heavy atom. The van der Waals surface area contributed by atoms with Crippen molar-refractivity contribution in [1.82, 2.24) is 0 Å². The van der Waals surface area contributed by atoms with Crippen molar-refractivity contribution in [3.63, 3.8) is 0 Å². The average molecular weight is 259 g/mol. The summed E-state index contributed by atoms with van der Waals surface area (Å²) in [4.78, 5) is 10.5. The summed E-state index contributed by atoms with van der Waals surface area (Å²) in [6, 6.07) is 2.97. The summed E-state index contributed by atoms with van der Waals surface area (Å²) >= 11 is 3.26. The van der Waals surface area contributed by atoms with E-state index in [2.05, 4.69) is 15.9 Å². The molecule has 0 aromatic heterocycles. The maximum atomic E-state index is 10.5. The molecule has 0 heterocycles. The van der Waals surface area contributed by atoms with Gasteiger partial charge in [-0.2, -0.15) is 0 Å². The van der Waals surface area contributed by atoms with Crippen molar-refractivity contribution < 1.29 is 14.6 Å². The Bertz CT molecular complexity index is 336. The second kappa shape index (κ2) is 5.00. The molecule has 1 aromatic rings. The van der Waals surface area contributed by atoms with Crippen molar-refractivity contribution in [3.05, 3.63) is 22.2 Å². The molecule has 0 atom stereocenters. The lowest BCUT2D eigenvalue weighted by molar-refractivity contribution is 0.112. The third-order valence-electron chi connectivity index (χ3n) is 1.67. The van der Waals surface area contributed by atoms with Crippen molar-refractivity contribution in [2.75, 3.05) is 6.61 Å². The average Bonchev–Trinajstić information content (AvgIpc) is 2.18. The quantitative estimate of drug-likeness (QED) is 0.845. The summed E-state index contributed by atoms with van der Waals surface area (Å²) in [6.45, 7) is 2.58. The van der Waals surface area contributed by atoms with Gasteiger partial charge in [0.2, 0.25) is 0 Å². The molecule has 0 saturated carbocycles. The fourth-order valence-electron chi connectivity index (χ4n) is 0.975. The molecule has 76 valence electrons. The first-order valence-electron chi connectivity index (χ1n) is 4.29. The van der Waals surface area contributed by atoms with Crippen LogP contribution in [0.3, 0.4) is 0 Å². The first-order valence-corrected chi connectivity index (χ1v) is 5.08. The predicted molar refractivity (Wildman–Crippen MR) is 57.0 cm³/mol. The molecule has 1 N–H and O–H groups in total. The van der Waals surface area contributed by atoms with Gasteiger partial charge in [-0.15, -0.1) is 0 Å². The second-order valence-electron chi connectivity index (χ2n) is 2.81. The zero-order chi connectivity index (χ0) is 10.6. The SMILES string of the molecule is CCCOc1cc(O)c(C=O)cc1Br. The van der Waals surface area contributed by atoms with E-state index in [1.54, 1.807) is 0 Å². The smallest absolute Gasteiger partial charge is 0.153 e. The summed E-state index contributed by atoms with van der Waals surface area (Å²) in [7, 11) is 0. The van der Waals surface area contributed by atoms with E-state index in [4.69, 9.17) is 4.74 Å². The molecule has 0 bridgehead atoms. The number of ether oxygens (including phenoxy) is 1. The van der Waals surface area contributed by atoms with E-state index in [-0.39, 0.29) is 11.3 Å². The Balaban J connectivity index is 2.96. The van der Waals surface area contributed by atoms with Gasteiger partial charge in [-0.05, 0) is 28.4 Å². The number of aldehydes is 1. The van der Waals surface area contributed by atoms with Crippen molar-refractivity contribution in [2.45, 2.75) is 13.3 Å². The lowest BCUT2D eigenvalue weighted by Gasteiger charge is -2.08. The molecule has 0 aliphatic rings. The Hall–Kier alpha value is -1.03. The van der Waals surface area contributed by atoms with E-state index in [0.29, 0.717) is 23.1 Å². The Labute approximate surface area is 90.8 Å². The minimum Gasteiger partial charge on any atom is -0.507 e. The number of phenolic OH excluding ortho intramolecular Hbond substituents is 1. The molecule has 0 amide bonds. The fraction of sp³-hybridized carbons (Fsp3) is 0.300. The number of rotatable bonds is 4. The molecule has 1 aromatic carbocycles. The van der Waals surface area contributed by atoms with Crippen molar-refractivity contribution in [2.24, 2.45) is 0 Å². The number of phenols is 1. The number of aromatic hydroxyl groups is 1. The minimum absolute atomic E-state index is 0.0608. The maximum absolute atomic E-state index is 10.5. The van der Waals surface area contributed by atoms with Crippen LogP contribution >= 0.6 is 15.9 Å². The molecule has 3 nitrogen and oxygen atoms in total. The molecule has 0 aliphatic carbocycles. The van der Waals surface area contributed by atoms with Crippen molar-refractivity contribution in [3.8, 4) is 11.5 Å². The number of halogens is 1. The number of hydrogen-bond acceptors (Lipinski definition) is 3. The molecule has 4 heteroatoms. The van der Waals surface area contributed by atoms with Crippen LogP contribution in [0.25, 0.3) is 0 Å². The largest absolute Gasteiger partial charge is 0.507 e. The molecule has 0 radical (unpaired) electrons. The molecule has 1 rings (SSSR count). The van der Waals surface area contributed by atoms with Crippen LogP contribution in [0, 0.1) is 0 Å². The van der Waals surface area contributed by atoms with E-state index in [9.17, 15) is 9.90 Å². The summed E-state index contributed by atoms with van der Waals surface area (Å²) in [5.74, 6) is 0.490. The van der Waals surface area contributed by atoms with Crippen LogP contribution in [-0.2, 0) is 0 Å². The minimum atomic E-state index is -0.0608. The van der Waals surface area contributed by atoms with Crippen LogP contribution < -0.4 is 4.74 Å². The molecule has 14 heavy (non-hydrogen) atoms. The summed E-state index contributed by atoms with van der Waals surface area (Å²) in [5, 5.41) is 9.38. The highest BCUT2D eigenvalue weighted by Gasteiger charge is 2.07. The molecule has 0 spiro atoms. The van der Waals surface area contributed by atoms with Crippen LogP contribution in [0.5, 0.6) is 11.5 Å². The lowest BCUT2D eigenvalue weighted by Crippen LogP contribution is -1.96. The van der Waals surface area contributed by atoms with E-state index >= 15 is 0 Å². The van der Waals surface area contributed by atoms with Gasteiger partial charge in [0.25, 0.3) is 0 Å². The molecule has 0 aliphatic heterocycles. The van der Waals surface area contributed by atoms with Gasteiger partial charge in [0.05, 0.1) is 16.6 Å². The van der Waals surface area contributed by atoms with Gasteiger partial charge in [-0.3, -0.25) is 4.79 Å². The fourth-order valence-corrected chi connectivity index (χ4v) is 1.45. The molecule has 0 unspecified atom stereocenters. The second-order valence-corrected chi connectivity index (χ2v) is 3.66. The monoisotopic (exact) mass is 258 g/mol. The zero-order valence-corrected chi connectivity index (χ0v) is 9.37. The molecule has 0 fully saturated rings. The first-order chi connectivity index (χ1) is 6.69. The number of carbonyl (C=O) groups excluding carboxylic acids is 1. The van der Waals surface area contributed by atoms with E-state index in [1.807, 2.05) is 6.92 Å². The van der Waals surface area contributed by atoms with Crippen molar-refractivity contribution >= 4 is 22.2 Å². The third-order valence-corrected chi connectivity index (χ3v) is 2.29.